The molecule has 0 aromatic heterocycles. The van der Waals surface area contributed by atoms with Crippen molar-refractivity contribution >= 4 is 5.97 Å². The monoisotopic (exact) mass is 200 g/mol. The molecule has 2 N–H and O–H groups in total. The molecule has 0 spiro atoms. The van der Waals surface area contributed by atoms with E-state index in [0.717, 1.165) is 0 Å². The lowest BCUT2D eigenvalue weighted by atomic mass is 10.3. The number of hydrogen-bond acceptors (Lipinski definition) is 4. The lowest BCUT2D eigenvalue weighted by Crippen LogP contribution is -2.33. The Labute approximate surface area is 83.6 Å². The van der Waals surface area contributed by atoms with Gasteiger partial charge in [0, 0.05) is 26.1 Å². The molecule has 1 unspecified atom stereocenters. The molecule has 0 aliphatic rings. The third-order valence-corrected chi connectivity index (χ3v) is 1.70. The molecule has 0 aliphatic heterocycles. The fourth-order valence-electron chi connectivity index (χ4n) is 1.13. The number of hydrogen-bond donors (Lipinski definition) is 2. The molecule has 0 aromatic rings. The van der Waals surface area contributed by atoms with Crippen LogP contribution in [-0.4, -0.2) is 46.8 Å². The zero-order valence-corrected chi connectivity index (χ0v) is 8.31. The number of carbonyl (C=O) groups is 1. The average molecular weight is 200 g/mol. The second-order valence-electron chi connectivity index (χ2n) is 3.20. The van der Waals surface area contributed by atoms with Crippen LogP contribution in [0.1, 0.15) is 19.8 Å². The Balaban J connectivity index is 3.85. The molecule has 0 saturated heterocycles. The molecule has 0 radical (unpaired) electrons. The van der Waals surface area contributed by atoms with Crippen LogP contribution < -0.4 is 0 Å². The Kier molecular flexibility index (Phi) is 6.72. The van der Waals surface area contributed by atoms with Crippen molar-refractivity contribution in [3.8, 4) is 6.07 Å². The van der Waals surface area contributed by atoms with E-state index in [1.54, 1.807) is 11.8 Å². The normalized spacial score (nSPS) is 12.4. The summed E-state index contributed by atoms with van der Waals surface area (Å²) >= 11 is 0. The van der Waals surface area contributed by atoms with E-state index in [-0.39, 0.29) is 6.42 Å². The van der Waals surface area contributed by atoms with Gasteiger partial charge in [0.1, 0.15) is 0 Å². The highest BCUT2D eigenvalue weighted by molar-refractivity contribution is 5.66. The Bertz CT molecular complexity index is 211. The average Bonchev–Trinajstić information content (AvgIpc) is 2.09. The van der Waals surface area contributed by atoms with E-state index in [1.807, 2.05) is 6.07 Å². The molecule has 14 heavy (non-hydrogen) atoms. The predicted octanol–water partition coefficient (Wildman–Crippen LogP) is 0.0576. The summed E-state index contributed by atoms with van der Waals surface area (Å²) in [5.41, 5.74) is 0. The molecule has 0 aliphatic carbocycles. The highest BCUT2D eigenvalue weighted by atomic mass is 16.4. The van der Waals surface area contributed by atoms with Gasteiger partial charge in [-0.1, -0.05) is 0 Å². The highest BCUT2D eigenvalue weighted by Gasteiger charge is 2.09. The van der Waals surface area contributed by atoms with Gasteiger partial charge in [0.25, 0.3) is 0 Å². The van der Waals surface area contributed by atoms with Crippen LogP contribution in [0.25, 0.3) is 0 Å². The smallest absolute Gasteiger partial charge is 0.304 e. The van der Waals surface area contributed by atoms with Crippen LogP contribution in [0.2, 0.25) is 0 Å². The first-order valence-electron chi connectivity index (χ1n) is 4.55. The number of nitriles is 1. The maximum absolute atomic E-state index is 10.3. The van der Waals surface area contributed by atoms with Gasteiger partial charge in [-0.05, 0) is 6.92 Å². The van der Waals surface area contributed by atoms with Crippen molar-refractivity contribution < 1.29 is 15.0 Å². The van der Waals surface area contributed by atoms with Crippen LogP contribution in [0.15, 0.2) is 0 Å². The van der Waals surface area contributed by atoms with Crippen molar-refractivity contribution in [1.29, 1.82) is 5.26 Å². The van der Waals surface area contributed by atoms with E-state index in [0.29, 0.717) is 26.1 Å². The number of aliphatic hydroxyl groups is 1. The lowest BCUT2D eigenvalue weighted by molar-refractivity contribution is -0.137. The van der Waals surface area contributed by atoms with Gasteiger partial charge in [-0.15, -0.1) is 0 Å². The second-order valence-corrected chi connectivity index (χ2v) is 3.20. The van der Waals surface area contributed by atoms with Gasteiger partial charge >= 0.3 is 5.97 Å². The number of aliphatic carboxylic acids is 1. The minimum absolute atomic E-state index is 0.0398. The van der Waals surface area contributed by atoms with Gasteiger partial charge in [-0.25, -0.2) is 0 Å². The lowest BCUT2D eigenvalue weighted by Gasteiger charge is -2.21. The fraction of sp³-hybridized carbons (Fsp3) is 0.778. The summed E-state index contributed by atoms with van der Waals surface area (Å²) in [6, 6.07) is 1.99. The Hall–Kier alpha value is -1.12. The molecule has 0 amide bonds. The molecule has 0 bridgehead atoms. The van der Waals surface area contributed by atoms with E-state index in [2.05, 4.69) is 0 Å². The standard InChI is InChI=1S/C9H16N2O3/c1-8(12)7-11(5-2-4-10)6-3-9(13)14/h8,12H,2-3,5-7H2,1H3,(H,13,14). The van der Waals surface area contributed by atoms with Crippen LogP contribution >= 0.6 is 0 Å². The first-order chi connectivity index (χ1) is 6.56. The number of rotatable bonds is 7. The topological polar surface area (TPSA) is 84.6 Å². The molecule has 0 rings (SSSR count). The molecule has 0 heterocycles. The van der Waals surface area contributed by atoms with E-state index < -0.39 is 12.1 Å². The zero-order valence-electron chi connectivity index (χ0n) is 8.31. The van der Waals surface area contributed by atoms with Gasteiger partial charge < -0.3 is 10.2 Å². The summed E-state index contributed by atoms with van der Waals surface area (Å²) in [5, 5.41) is 26.0. The Morgan fingerprint density at radius 1 is 1.57 bits per heavy atom. The van der Waals surface area contributed by atoms with Crippen molar-refractivity contribution in [2.45, 2.75) is 25.9 Å². The largest absolute Gasteiger partial charge is 0.481 e. The van der Waals surface area contributed by atoms with Gasteiger partial charge in [0.05, 0.1) is 18.6 Å². The van der Waals surface area contributed by atoms with Crippen LogP contribution in [-0.2, 0) is 4.79 Å². The van der Waals surface area contributed by atoms with Gasteiger partial charge in [-0.2, -0.15) is 5.26 Å². The van der Waals surface area contributed by atoms with E-state index in [9.17, 15) is 4.79 Å². The third-order valence-electron chi connectivity index (χ3n) is 1.70. The number of carboxylic acids is 1. The molecule has 0 aromatic carbocycles. The molecule has 0 saturated carbocycles. The first kappa shape index (κ1) is 12.9. The van der Waals surface area contributed by atoms with Crippen LogP contribution in [0.5, 0.6) is 0 Å². The minimum Gasteiger partial charge on any atom is -0.481 e. The van der Waals surface area contributed by atoms with Crippen molar-refractivity contribution in [2.75, 3.05) is 19.6 Å². The van der Waals surface area contributed by atoms with E-state index in [1.165, 1.54) is 0 Å². The summed E-state index contributed by atoms with van der Waals surface area (Å²) < 4.78 is 0. The van der Waals surface area contributed by atoms with Crippen molar-refractivity contribution in [3.63, 3.8) is 0 Å². The maximum Gasteiger partial charge on any atom is 0.304 e. The summed E-state index contributed by atoms with van der Waals surface area (Å²) in [6.07, 6.45) is -0.104. The summed E-state index contributed by atoms with van der Waals surface area (Å²) in [7, 11) is 0. The number of nitrogens with zero attached hydrogens (tertiary/aromatic N) is 2. The van der Waals surface area contributed by atoms with Gasteiger partial charge in [-0.3, -0.25) is 9.69 Å². The number of aliphatic hydroxyl groups excluding tert-OH is 1. The van der Waals surface area contributed by atoms with Gasteiger partial charge in [0.15, 0.2) is 0 Å². The molecule has 5 heteroatoms. The zero-order chi connectivity index (χ0) is 11.0. The molecule has 0 fully saturated rings. The molecular weight excluding hydrogens is 184 g/mol. The van der Waals surface area contributed by atoms with E-state index in [4.69, 9.17) is 15.5 Å². The highest BCUT2D eigenvalue weighted by Crippen LogP contribution is 1.96. The van der Waals surface area contributed by atoms with Crippen LogP contribution in [0, 0.1) is 11.3 Å². The van der Waals surface area contributed by atoms with E-state index >= 15 is 0 Å². The van der Waals surface area contributed by atoms with Crippen molar-refractivity contribution in [2.24, 2.45) is 0 Å². The SMILES string of the molecule is CC(O)CN(CCC#N)CCC(=O)O. The summed E-state index contributed by atoms with van der Waals surface area (Å²) in [4.78, 5) is 12.1. The third kappa shape index (κ3) is 7.53. The first-order valence-corrected chi connectivity index (χ1v) is 4.55. The summed E-state index contributed by atoms with van der Waals surface area (Å²) in [6.45, 7) is 2.94. The molecule has 1 atom stereocenters. The maximum atomic E-state index is 10.3. The Morgan fingerprint density at radius 2 is 2.21 bits per heavy atom. The second kappa shape index (κ2) is 7.30. The molecule has 80 valence electrons. The van der Waals surface area contributed by atoms with Gasteiger partial charge in [0.2, 0.25) is 0 Å². The quantitative estimate of drug-likeness (QED) is 0.607. The fourth-order valence-corrected chi connectivity index (χ4v) is 1.13. The predicted molar refractivity (Wildman–Crippen MR) is 50.6 cm³/mol. The molecular formula is C9H16N2O3. The molecule has 5 nitrogen and oxygen atoms in total. The van der Waals surface area contributed by atoms with Crippen LogP contribution in [0.4, 0.5) is 0 Å². The minimum atomic E-state index is -0.863. The van der Waals surface area contributed by atoms with Crippen molar-refractivity contribution in [3.05, 3.63) is 0 Å². The summed E-state index contributed by atoms with van der Waals surface area (Å²) in [5.74, 6) is -0.863. The Morgan fingerprint density at radius 3 is 2.64 bits per heavy atom. The van der Waals surface area contributed by atoms with Crippen molar-refractivity contribution in [1.82, 2.24) is 4.90 Å². The number of carboxylic acid groups (broad SMARTS) is 1. The van der Waals surface area contributed by atoms with Crippen LogP contribution in [0.3, 0.4) is 0 Å².